The highest BCUT2D eigenvalue weighted by atomic mass is 32.1. The van der Waals surface area contributed by atoms with Crippen molar-refractivity contribution in [2.75, 3.05) is 26.2 Å². The first-order chi connectivity index (χ1) is 10.0. The zero-order valence-electron chi connectivity index (χ0n) is 12.2. The number of fused-ring (bicyclic) bond motifs is 1. The monoisotopic (exact) mass is 309 g/mol. The summed E-state index contributed by atoms with van der Waals surface area (Å²) in [5.41, 5.74) is -0.359. The van der Waals surface area contributed by atoms with Gasteiger partial charge in [-0.05, 0) is 31.6 Å². The van der Waals surface area contributed by atoms with Gasteiger partial charge in [-0.2, -0.15) is 0 Å². The average Bonchev–Trinajstić information content (AvgIpc) is 2.76. The maximum atomic E-state index is 13.9. The molecule has 114 valence electrons. The van der Waals surface area contributed by atoms with Crippen LogP contribution in [0.4, 0.5) is 4.39 Å². The zero-order valence-corrected chi connectivity index (χ0v) is 13.0. The molecule has 1 amide bonds. The molecule has 21 heavy (non-hydrogen) atoms. The molecule has 1 aliphatic carbocycles. The number of thiazole rings is 1. The van der Waals surface area contributed by atoms with Gasteiger partial charge in [-0.3, -0.25) is 9.69 Å². The molecule has 0 unspecified atom stereocenters. The van der Waals surface area contributed by atoms with Crippen LogP contribution >= 0.6 is 11.3 Å². The zero-order chi connectivity index (χ0) is 14.6. The van der Waals surface area contributed by atoms with E-state index in [1.165, 1.54) is 0 Å². The van der Waals surface area contributed by atoms with Crippen molar-refractivity contribution < 1.29 is 9.18 Å². The third kappa shape index (κ3) is 2.48. The van der Waals surface area contributed by atoms with Gasteiger partial charge in [0.1, 0.15) is 0 Å². The van der Waals surface area contributed by atoms with Crippen LogP contribution in [0.2, 0.25) is 0 Å². The van der Waals surface area contributed by atoms with E-state index in [-0.39, 0.29) is 5.91 Å². The van der Waals surface area contributed by atoms with E-state index in [0.29, 0.717) is 24.7 Å². The predicted molar refractivity (Wildman–Crippen MR) is 78.8 cm³/mol. The smallest absolute Gasteiger partial charge is 0.260 e. The molecule has 0 N–H and O–H groups in total. The molecule has 2 atom stereocenters. The van der Waals surface area contributed by atoms with Crippen LogP contribution in [-0.4, -0.2) is 52.5 Å². The maximum Gasteiger partial charge on any atom is 0.260 e. The van der Waals surface area contributed by atoms with Gasteiger partial charge in [0.05, 0.1) is 10.7 Å². The largest absolute Gasteiger partial charge is 0.339 e. The second-order valence-electron chi connectivity index (χ2n) is 6.75. The van der Waals surface area contributed by atoms with Crippen LogP contribution in [0.1, 0.15) is 23.5 Å². The first-order valence-electron chi connectivity index (χ1n) is 7.65. The van der Waals surface area contributed by atoms with Gasteiger partial charge in [0, 0.05) is 38.1 Å². The van der Waals surface area contributed by atoms with Crippen molar-refractivity contribution in [3.63, 3.8) is 0 Å². The maximum absolute atomic E-state index is 13.9. The van der Waals surface area contributed by atoms with Crippen LogP contribution in [0.3, 0.4) is 0 Å². The molecule has 4 rings (SSSR count). The van der Waals surface area contributed by atoms with Crippen LogP contribution in [0.25, 0.3) is 0 Å². The Bertz CT molecular complexity index is 557. The highest BCUT2D eigenvalue weighted by molar-refractivity contribution is 7.09. The van der Waals surface area contributed by atoms with Crippen LogP contribution in [0, 0.1) is 18.8 Å². The molecule has 3 fully saturated rings. The highest BCUT2D eigenvalue weighted by Crippen LogP contribution is 2.43. The summed E-state index contributed by atoms with van der Waals surface area (Å²) in [4.78, 5) is 20.8. The fourth-order valence-corrected chi connectivity index (χ4v) is 4.31. The fourth-order valence-electron chi connectivity index (χ4n) is 3.70. The molecule has 6 heteroatoms. The molecule has 0 radical (unpaired) electrons. The van der Waals surface area contributed by atoms with Crippen LogP contribution in [0.15, 0.2) is 5.38 Å². The molecule has 0 aromatic carbocycles. The van der Waals surface area contributed by atoms with Crippen molar-refractivity contribution in [2.45, 2.75) is 32.0 Å². The summed E-state index contributed by atoms with van der Waals surface area (Å²) in [6.07, 6.45) is 0.847. The minimum atomic E-state index is -1.50. The lowest BCUT2D eigenvalue weighted by molar-refractivity contribution is -0.137. The standard InChI is InChI=1S/C15H20FN3OS/c1-10-17-13(9-21-10)8-18-4-11-6-19(7-12(11)5-18)14(20)15(16)2-3-15/h9,11-12H,2-8H2,1H3/t11-,12+. The van der Waals surface area contributed by atoms with Gasteiger partial charge in [-0.15, -0.1) is 11.3 Å². The van der Waals surface area contributed by atoms with Crippen LogP contribution < -0.4 is 0 Å². The Kier molecular flexibility index (Phi) is 3.08. The number of carbonyl (C=O) groups is 1. The van der Waals surface area contributed by atoms with Gasteiger partial charge in [0.15, 0.2) is 5.67 Å². The van der Waals surface area contributed by atoms with Gasteiger partial charge < -0.3 is 4.90 Å². The van der Waals surface area contributed by atoms with Gasteiger partial charge in [0.25, 0.3) is 5.91 Å². The van der Waals surface area contributed by atoms with E-state index in [1.807, 2.05) is 6.92 Å². The Hall–Kier alpha value is -1.01. The number of rotatable bonds is 3. The lowest BCUT2D eigenvalue weighted by atomic mass is 10.0. The third-order valence-electron chi connectivity index (χ3n) is 4.97. The Balaban J connectivity index is 1.34. The minimum Gasteiger partial charge on any atom is -0.339 e. The van der Waals surface area contributed by atoms with E-state index >= 15 is 0 Å². The number of hydrogen-bond donors (Lipinski definition) is 0. The van der Waals surface area contributed by atoms with Gasteiger partial charge in [-0.1, -0.05) is 0 Å². The normalized spacial score (nSPS) is 30.7. The van der Waals surface area contributed by atoms with Crippen molar-refractivity contribution >= 4 is 17.2 Å². The predicted octanol–water partition coefficient (Wildman–Crippen LogP) is 1.84. The Morgan fingerprint density at radius 2 is 2.05 bits per heavy atom. The van der Waals surface area contributed by atoms with Crippen molar-refractivity contribution in [3.05, 3.63) is 16.1 Å². The van der Waals surface area contributed by atoms with Crippen molar-refractivity contribution in [3.8, 4) is 0 Å². The van der Waals surface area contributed by atoms with E-state index < -0.39 is 5.67 Å². The Labute approximate surface area is 127 Å². The summed E-state index contributed by atoms with van der Waals surface area (Å²) in [6, 6.07) is 0. The summed E-state index contributed by atoms with van der Waals surface area (Å²) >= 11 is 1.69. The van der Waals surface area contributed by atoms with Crippen molar-refractivity contribution in [1.82, 2.24) is 14.8 Å². The third-order valence-corrected chi connectivity index (χ3v) is 5.80. The number of amides is 1. The number of hydrogen-bond acceptors (Lipinski definition) is 4. The molecule has 1 aromatic rings. The van der Waals surface area contributed by atoms with E-state index in [4.69, 9.17) is 0 Å². The Morgan fingerprint density at radius 1 is 1.38 bits per heavy atom. The molecule has 3 heterocycles. The minimum absolute atomic E-state index is 0.251. The summed E-state index contributed by atoms with van der Waals surface area (Å²) in [5.74, 6) is 0.769. The van der Waals surface area contributed by atoms with Crippen LogP contribution in [0.5, 0.6) is 0 Å². The number of alkyl halides is 1. The molecule has 1 saturated carbocycles. The lowest BCUT2D eigenvalue weighted by Crippen LogP contribution is -2.39. The molecule has 0 spiro atoms. The summed E-state index contributed by atoms with van der Waals surface area (Å²) in [5, 5.41) is 3.23. The van der Waals surface area contributed by atoms with E-state index in [2.05, 4.69) is 15.3 Å². The molecule has 1 aromatic heterocycles. The second-order valence-corrected chi connectivity index (χ2v) is 7.81. The first-order valence-corrected chi connectivity index (χ1v) is 8.53. The Morgan fingerprint density at radius 3 is 2.57 bits per heavy atom. The molecular formula is C15H20FN3OS. The quantitative estimate of drug-likeness (QED) is 0.855. The number of carbonyl (C=O) groups excluding carboxylic acids is 1. The number of likely N-dealkylation sites (tertiary alicyclic amines) is 2. The first kappa shape index (κ1) is 13.6. The van der Waals surface area contributed by atoms with Gasteiger partial charge >= 0.3 is 0 Å². The SMILES string of the molecule is Cc1nc(CN2C[C@@H]3CN(C(=O)C4(F)CC4)C[C@@H]3C2)cs1. The number of aromatic nitrogens is 1. The highest BCUT2D eigenvalue weighted by Gasteiger charge is 2.55. The molecule has 3 aliphatic rings. The fraction of sp³-hybridized carbons (Fsp3) is 0.733. The van der Waals surface area contributed by atoms with Gasteiger partial charge in [0.2, 0.25) is 0 Å². The van der Waals surface area contributed by atoms with Gasteiger partial charge in [-0.25, -0.2) is 9.37 Å². The molecule has 2 aliphatic heterocycles. The average molecular weight is 309 g/mol. The molecule has 4 nitrogen and oxygen atoms in total. The van der Waals surface area contributed by atoms with E-state index in [9.17, 15) is 9.18 Å². The van der Waals surface area contributed by atoms with Crippen LogP contribution in [-0.2, 0) is 11.3 Å². The molecular weight excluding hydrogens is 289 g/mol. The van der Waals surface area contributed by atoms with Crippen molar-refractivity contribution in [2.24, 2.45) is 11.8 Å². The molecule has 0 bridgehead atoms. The van der Waals surface area contributed by atoms with E-state index in [1.54, 1.807) is 16.2 Å². The summed E-state index contributed by atoms with van der Waals surface area (Å²) in [6.45, 7) is 6.41. The number of halogens is 1. The second kappa shape index (κ2) is 4.74. The summed E-state index contributed by atoms with van der Waals surface area (Å²) < 4.78 is 13.9. The number of aryl methyl sites for hydroxylation is 1. The summed E-state index contributed by atoms with van der Waals surface area (Å²) in [7, 11) is 0. The lowest BCUT2D eigenvalue weighted by Gasteiger charge is -2.22. The van der Waals surface area contributed by atoms with Crippen molar-refractivity contribution in [1.29, 1.82) is 0 Å². The van der Waals surface area contributed by atoms with E-state index in [0.717, 1.165) is 43.4 Å². The number of nitrogens with zero attached hydrogens (tertiary/aromatic N) is 3. The molecule has 2 saturated heterocycles. The topological polar surface area (TPSA) is 36.4 Å².